The van der Waals surface area contributed by atoms with Crippen LogP contribution in [0.15, 0.2) is 72.8 Å². The van der Waals surface area contributed by atoms with Crippen LogP contribution in [0.25, 0.3) is 22.3 Å². The second-order valence-electron chi connectivity index (χ2n) is 11.6. The van der Waals surface area contributed by atoms with Gasteiger partial charge in [-0.1, -0.05) is 30.3 Å². The number of halogens is 2. The van der Waals surface area contributed by atoms with E-state index in [1.54, 1.807) is 69.5 Å². The van der Waals surface area contributed by atoms with Crippen LogP contribution in [-0.2, 0) is 30.7 Å². The van der Waals surface area contributed by atoms with Gasteiger partial charge in [0.1, 0.15) is 24.1 Å². The van der Waals surface area contributed by atoms with Crippen LogP contribution in [0.2, 0.25) is 0 Å². The van der Waals surface area contributed by atoms with E-state index in [9.17, 15) is 19.4 Å². The Morgan fingerprint density at radius 3 is 2.44 bits per heavy atom. The molecule has 0 bridgehead atoms. The molecule has 2 aromatic heterocycles. The van der Waals surface area contributed by atoms with Gasteiger partial charge in [0.05, 0.1) is 34.5 Å². The minimum Gasteiger partial charge on any atom is -0.478 e. The van der Waals surface area contributed by atoms with Crippen molar-refractivity contribution in [3.05, 3.63) is 113 Å². The predicted octanol–water partition coefficient (Wildman–Crippen LogP) is 6.59. The Morgan fingerprint density at radius 2 is 1.73 bits per heavy atom. The molecule has 0 fully saturated rings. The molecule has 5 rings (SSSR count). The Balaban J connectivity index is 1.30. The van der Waals surface area contributed by atoms with E-state index < -0.39 is 23.2 Å². The molecule has 0 radical (unpaired) electrons. The minimum atomic E-state index is -1.04. The summed E-state index contributed by atoms with van der Waals surface area (Å²) >= 11 is 0. The van der Waals surface area contributed by atoms with Gasteiger partial charge in [-0.25, -0.2) is 23.5 Å². The fourth-order valence-corrected chi connectivity index (χ4v) is 5.01. The fourth-order valence-electron chi connectivity index (χ4n) is 5.01. The van der Waals surface area contributed by atoms with Crippen LogP contribution in [0.5, 0.6) is 5.88 Å². The Labute approximate surface area is 259 Å². The van der Waals surface area contributed by atoms with Crippen LogP contribution < -0.4 is 4.74 Å². The third-order valence-electron chi connectivity index (χ3n) is 7.53. The number of fused-ring (bicyclic) bond motifs is 1. The molecule has 234 valence electrons. The van der Waals surface area contributed by atoms with Crippen molar-refractivity contribution in [3.8, 4) is 17.1 Å². The number of hydrogen-bond acceptors (Lipinski definition) is 6. The lowest BCUT2D eigenvalue weighted by atomic mass is 9.98. The zero-order valence-electron chi connectivity index (χ0n) is 25.4. The van der Waals surface area contributed by atoms with Gasteiger partial charge in [-0.05, 0) is 74.2 Å². The normalized spacial score (nSPS) is 11.7. The maximum atomic E-state index is 15.4. The summed E-state index contributed by atoms with van der Waals surface area (Å²) in [6.45, 7) is 4.22. The number of methoxy groups -OCH3 is 1. The maximum Gasteiger partial charge on any atom is 0.335 e. The molecular weight excluding hydrogens is 580 g/mol. The summed E-state index contributed by atoms with van der Waals surface area (Å²) in [6.07, 6.45) is 1.26. The Kier molecular flexibility index (Phi) is 9.55. The molecule has 3 aromatic carbocycles. The average molecular weight is 616 g/mol. The highest BCUT2D eigenvalue weighted by atomic mass is 19.1. The van der Waals surface area contributed by atoms with Gasteiger partial charge in [0.15, 0.2) is 0 Å². The fraction of sp³-hybridized carbons (Fsp3) is 0.286. The molecule has 0 saturated heterocycles. The van der Waals surface area contributed by atoms with Crippen molar-refractivity contribution in [2.45, 2.75) is 51.9 Å². The molecule has 2 heterocycles. The summed E-state index contributed by atoms with van der Waals surface area (Å²) in [4.78, 5) is 20.7. The molecular formula is C35H35F2N3O5. The Bertz CT molecular complexity index is 1830. The molecule has 0 aliphatic rings. The van der Waals surface area contributed by atoms with Crippen molar-refractivity contribution in [1.29, 1.82) is 0 Å². The van der Waals surface area contributed by atoms with Crippen molar-refractivity contribution in [1.82, 2.24) is 14.5 Å². The van der Waals surface area contributed by atoms with E-state index >= 15 is 4.39 Å². The molecule has 0 unspecified atom stereocenters. The van der Waals surface area contributed by atoms with Crippen LogP contribution in [0.3, 0.4) is 0 Å². The second-order valence-corrected chi connectivity index (χ2v) is 11.6. The molecule has 2 N–H and O–H groups in total. The minimum absolute atomic E-state index is 0.0284. The third kappa shape index (κ3) is 7.89. The first-order valence-corrected chi connectivity index (χ1v) is 14.6. The number of carboxylic acids is 1. The summed E-state index contributed by atoms with van der Waals surface area (Å²) in [7, 11) is 1.57. The zero-order valence-corrected chi connectivity index (χ0v) is 25.4. The highest BCUT2D eigenvalue weighted by Gasteiger charge is 2.17. The van der Waals surface area contributed by atoms with Gasteiger partial charge in [0.25, 0.3) is 0 Å². The molecule has 0 saturated carbocycles. The monoisotopic (exact) mass is 615 g/mol. The number of aromatic nitrogens is 3. The number of imidazole rings is 1. The molecule has 5 aromatic rings. The Morgan fingerprint density at radius 1 is 0.956 bits per heavy atom. The molecule has 0 amide bonds. The lowest BCUT2D eigenvalue weighted by Gasteiger charge is -2.16. The topological polar surface area (TPSA) is 107 Å². The van der Waals surface area contributed by atoms with Crippen molar-refractivity contribution in [2.75, 3.05) is 13.7 Å². The summed E-state index contributed by atoms with van der Waals surface area (Å²) in [5.41, 5.74) is 3.20. The van der Waals surface area contributed by atoms with Gasteiger partial charge in [-0.15, -0.1) is 0 Å². The first-order chi connectivity index (χ1) is 21.5. The molecule has 8 nitrogen and oxygen atoms in total. The van der Waals surface area contributed by atoms with Crippen LogP contribution >= 0.6 is 0 Å². The van der Waals surface area contributed by atoms with Gasteiger partial charge < -0.3 is 24.3 Å². The van der Waals surface area contributed by atoms with Crippen molar-refractivity contribution >= 4 is 17.0 Å². The first-order valence-electron chi connectivity index (χ1n) is 14.6. The number of hydrogen-bond donors (Lipinski definition) is 2. The predicted molar refractivity (Wildman–Crippen MR) is 166 cm³/mol. The summed E-state index contributed by atoms with van der Waals surface area (Å²) in [5, 5.41) is 19.4. The van der Waals surface area contributed by atoms with Gasteiger partial charge in [0, 0.05) is 37.3 Å². The number of aliphatic hydroxyl groups is 1. The number of aryl methyl sites for hydroxylation is 1. The number of carbonyl (C=O) groups is 1. The number of benzene rings is 3. The van der Waals surface area contributed by atoms with Crippen LogP contribution in [0, 0.1) is 11.6 Å². The number of aromatic carboxylic acids is 1. The molecule has 10 heteroatoms. The summed E-state index contributed by atoms with van der Waals surface area (Å²) in [5.74, 6) is -1.01. The molecule has 45 heavy (non-hydrogen) atoms. The van der Waals surface area contributed by atoms with Crippen LogP contribution in [0.1, 0.15) is 53.1 Å². The highest BCUT2D eigenvalue weighted by Crippen LogP contribution is 2.26. The van der Waals surface area contributed by atoms with Crippen LogP contribution in [-0.4, -0.2) is 50.0 Å². The number of nitrogens with zero attached hydrogens (tertiary/aromatic N) is 3. The van der Waals surface area contributed by atoms with Gasteiger partial charge in [-0.2, -0.15) is 0 Å². The highest BCUT2D eigenvalue weighted by molar-refractivity contribution is 5.92. The average Bonchev–Trinajstić information content (AvgIpc) is 3.35. The molecule has 0 aliphatic carbocycles. The van der Waals surface area contributed by atoms with E-state index in [1.807, 2.05) is 10.6 Å². The van der Waals surface area contributed by atoms with Gasteiger partial charge in [-0.3, -0.25) is 0 Å². The molecule has 0 atom stereocenters. The summed E-state index contributed by atoms with van der Waals surface area (Å²) in [6, 6.07) is 19.6. The number of ether oxygens (including phenoxy) is 2. The first kappa shape index (κ1) is 31.7. The standard InChI is InChI=1S/C35H35F2N3O5/c1-35(2,43)14-13-22-7-8-26(27(36)17-22)21-45-33-6-4-5-29(39-33)24-10-9-23(28(37)18-24)20-32-38-30-12-11-25(34(41)42)19-31(30)40(32)15-16-44-3/h4-12,17-19,43H,13-16,20-21H2,1-3H3,(H,41,42). The van der Waals surface area contributed by atoms with Gasteiger partial charge in [0.2, 0.25) is 5.88 Å². The summed E-state index contributed by atoms with van der Waals surface area (Å²) < 4.78 is 43.0. The number of rotatable bonds is 13. The zero-order chi connectivity index (χ0) is 32.1. The molecule has 0 aliphatic heterocycles. The number of pyridine rings is 1. The van der Waals surface area contributed by atoms with Crippen molar-refractivity contribution < 1.29 is 33.3 Å². The largest absolute Gasteiger partial charge is 0.478 e. The van der Waals surface area contributed by atoms with Gasteiger partial charge >= 0.3 is 5.97 Å². The van der Waals surface area contributed by atoms with Crippen molar-refractivity contribution in [3.63, 3.8) is 0 Å². The smallest absolute Gasteiger partial charge is 0.335 e. The Hall–Kier alpha value is -4.67. The van der Waals surface area contributed by atoms with Crippen LogP contribution in [0.4, 0.5) is 8.78 Å². The van der Waals surface area contributed by atoms with E-state index in [2.05, 4.69) is 9.97 Å². The van der Waals surface area contributed by atoms with E-state index in [4.69, 9.17) is 9.47 Å². The van der Waals surface area contributed by atoms with E-state index in [0.717, 1.165) is 5.56 Å². The maximum absolute atomic E-state index is 15.4. The molecule has 0 spiro atoms. The number of carboxylic acid groups (broad SMARTS) is 1. The quantitative estimate of drug-likeness (QED) is 0.154. The van der Waals surface area contributed by atoms with E-state index in [-0.39, 0.29) is 24.5 Å². The second kappa shape index (κ2) is 13.5. The third-order valence-corrected chi connectivity index (χ3v) is 7.53. The van der Waals surface area contributed by atoms with E-state index in [0.29, 0.717) is 65.2 Å². The lowest BCUT2D eigenvalue weighted by molar-refractivity contribution is 0.0693. The SMILES string of the molecule is COCCn1c(Cc2ccc(-c3cccc(OCc4ccc(CCC(C)(C)O)cc4F)n3)cc2F)nc2ccc(C(=O)O)cc21. The van der Waals surface area contributed by atoms with E-state index in [1.165, 1.54) is 18.2 Å². The van der Waals surface area contributed by atoms with Crippen molar-refractivity contribution in [2.24, 2.45) is 0 Å². The lowest BCUT2D eigenvalue weighted by Crippen LogP contribution is -2.19.